The number of benzene rings is 3. The molecular weight excluding hydrogens is 455 g/mol. The predicted molar refractivity (Wildman–Crippen MR) is 125 cm³/mol. The zero-order valence-corrected chi connectivity index (χ0v) is 18.8. The van der Waals surface area contributed by atoms with Crippen molar-refractivity contribution < 1.29 is 23.8 Å². The summed E-state index contributed by atoms with van der Waals surface area (Å²) in [6, 6.07) is 16.3. The minimum Gasteiger partial charge on any atom is -0.497 e. The van der Waals surface area contributed by atoms with Crippen LogP contribution in [0.1, 0.15) is 10.4 Å². The van der Waals surface area contributed by atoms with Crippen LogP contribution in [0.3, 0.4) is 0 Å². The Morgan fingerprint density at radius 1 is 0.781 bits per heavy atom. The van der Waals surface area contributed by atoms with Crippen LogP contribution in [0, 0.1) is 0 Å². The summed E-state index contributed by atoms with van der Waals surface area (Å²) in [5.74, 6) is 0.577. The van der Waals surface area contributed by atoms with Crippen LogP contribution in [0.4, 0.5) is 11.4 Å². The first-order chi connectivity index (χ1) is 15.4. The molecule has 0 aliphatic carbocycles. The molecule has 9 heteroatoms. The molecule has 32 heavy (non-hydrogen) atoms. The second-order valence-electron chi connectivity index (χ2n) is 6.54. The molecule has 3 aromatic rings. The van der Waals surface area contributed by atoms with Crippen LogP contribution in [0.5, 0.6) is 17.2 Å². The molecule has 0 aliphatic heterocycles. The third kappa shape index (κ3) is 6.29. The Labute approximate surface area is 195 Å². The van der Waals surface area contributed by atoms with Crippen LogP contribution >= 0.6 is 23.2 Å². The van der Waals surface area contributed by atoms with Crippen LogP contribution in [-0.2, 0) is 4.79 Å². The van der Waals surface area contributed by atoms with E-state index in [4.69, 9.17) is 37.4 Å². The number of halogens is 2. The quantitative estimate of drug-likeness (QED) is 0.463. The van der Waals surface area contributed by atoms with Gasteiger partial charge in [-0.1, -0.05) is 23.2 Å². The first-order valence-electron chi connectivity index (χ1n) is 9.40. The second-order valence-corrected chi connectivity index (χ2v) is 7.42. The van der Waals surface area contributed by atoms with E-state index in [2.05, 4.69) is 10.6 Å². The highest BCUT2D eigenvalue weighted by Crippen LogP contribution is 2.29. The molecule has 0 fully saturated rings. The molecule has 0 atom stereocenters. The summed E-state index contributed by atoms with van der Waals surface area (Å²) in [7, 11) is 3.01. The van der Waals surface area contributed by atoms with Gasteiger partial charge in [0.2, 0.25) is 0 Å². The van der Waals surface area contributed by atoms with E-state index >= 15 is 0 Å². The lowest BCUT2D eigenvalue weighted by Crippen LogP contribution is -2.20. The molecule has 0 bridgehead atoms. The van der Waals surface area contributed by atoms with E-state index in [0.29, 0.717) is 44.2 Å². The maximum Gasteiger partial charge on any atom is 0.262 e. The summed E-state index contributed by atoms with van der Waals surface area (Å²) in [6.07, 6.45) is 0. The van der Waals surface area contributed by atoms with E-state index in [9.17, 15) is 9.59 Å². The predicted octanol–water partition coefficient (Wildman–Crippen LogP) is 5.28. The van der Waals surface area contributed by atoms with E-state index in [0.717, 1.165) is 0 Å². The molecule has 0 saturated carbocycles. The molecule has 3 rings (SSSR count). The number of carbonyl (C=O) groups is 2. The van der Waals surface area contributed by atoms with Crippen molar-refractivity contribution in [3.63, 3.8) is 0 Å². The molecule has 3 aromatic carbocycles. The van der Waals surface area contributed by atoms with Gasteiger partial charge < -0.3 is 24.8 Å². The molecule has 0 spiro atoms. The van der Waals surface area contributed by atoms with E-state index in [1.165, 1.54) is 13.2 Å². The van der Waals surface area contributed by atoms with Gasteiger partial charge in [0.15, 0.2) is 18.1 Å². The van der Waals surface area contributed by atoms with Crippen molar-refractivity contribution in [2.24, 2.45) is 0 Å². The smallest absolute Gasteiger partial charge is 0.262 e. The number of anilines is 2. The molecule has 7 nitrogen and oxygen atoms in total. The van der Waals surface area contributed by atoms with Gasteiger partial charge in [-0.2, -0.15) is 0 Å². The number of carbonyl (C=O) groups excluding carboxylic acids is 2. The molecule has 2 N–H and O–H groups in total. The molecule has 0 saturated heterocycles. The zero-order chi connectivity index (χ0) is 23.1. The lowest BCUT2D eigenvalue weighted by molar-refractivity contribution is -0.118. The highest BCUT2D eigenvalue weighted by molar-refractivity contribution is 6.35. The monoisotopic (exact) mass is 474 g/mol. The minimum atomic E-state index is -0.384. The van der Waals surface area contributed by atoms with Crippen molar-refractivity contribution in [3.8, 4) is 17.2 Å². The van der Waals surface area contributed by atoms with Crippen LogP contribution in [0.2, 0.25) is 10.0 Å². The Hall–Kier alpha value is -3.42. The van der Waals surface area contributed by atoms with Crippen molar-refractivity contribution in [2.45, 2.75) is 0 Å². The Bertz CT molecular complexity index is 1100. The van der Waals surface area contributed by atoms with Gasteiger partial charge in [0, 0.05) is 27.0 Å². The summed E-state index contributed by atoms with van der Waals surface area (Å²) in [5.41, 5.74) is 1.40. The van der Waals surface area contributed by atoms with E-state index in [1.807, 2.05) is 0 Å². The van der Waals surface area contributed by atoms with Gasteiger partial charge >= 0.3 is 0 Å². The molecule has 0 aliphatic rings. The van der Waals surface area contributed by atoms with Crippen molar-refractivity contribution >= 4 is 46.4 Å². The van der Waals surface area contributed by atoms with Crippen LogP contribution in [0.25, 0.3) is 0 Å². The standard InChI is InChI=1S/C23H20Cl2N2O5/c1-30-19-6-4-17(5-7-19)26-22(28)13-32-20-8-3-14(9-21(20)31-2)23(29)27-18-11-15(24)10-16(25)12-18/h3-12H,13H2,1-2H3,(H,26,28)(H,27,29). The summed E-state index contributed by atoms with van der Waals surface area (Å²) in [5, 5.41) is 6.25. The van der Waals surface area contributed by atoms with E-state index < -0.39 is 0 Å². The number of ether oxygens (including phenoxy) is 3. The third-order valence-corrected chi connectivity index (χ3v) is 4.72. The first-order valence-corrected chi connectivity index (χ1v) is 10.2. The molecule has 166 valence electrons. The van der Waals surface area contributed by atoms with E-state index in [1.54, 1.807) is 61.7 Å². The van der Waals surface area contributed by atoms with Crippen molar-refractivity contribution in [2.75, 3.05) is 31.5 Å². The fourth-order valence-electron chi connectivity index (χ4n) is 2.77. The van der Waals surface area contributed by atoms with Crippen molar-refractivity contribution in [1.82, 2.24) is 0 Å². The van der Waals surface area contributed by atoms with Gasteiger partial charge in [0.1, 0.15) is 5.75 Å². The average molecular weight is 475 g/mol. The minimum absolute atomic E-state index is 0.241. The van der Waals surface area contributed by atoms with Gasteiger partial charge in [-0.25, -0.2) is 0 Å². The van der Waals surface area contributed by atoms with Crippen LogP contribution in [0.15, 0.2) is 60.7 Å². The summed E-state index contributed by atoms with van der Waals surface area (Å²) < 4.78 is 16.0. The molecule has 2 amide bonds. The lowest BCUT2D eigenvalue weighted by atomic mass is 10.2. The van der Waals surface area contributed by atoms with Gasteiger partial charge in [0.25, 0.3) is 11.8 Å². The number of hydrogen-bond acceptors (Lipinski definition) is 5. The average Bonchev–Trinajstić information content (AvgIpc) is 2.77. The number of rotatable bonds is 8. The third-order valence-electron chi connectivity index (χ3n) is 4.28. The normalized spacial score (nSPS) is 10.2. The fraction of sp³-hybridized carbons (Fsp3) is 0.130. The summed E-state index contributed by atoms with van der Waals surface area (Å²) in [4.78, 5) is 24.7. The highest BCUT2D eigenvalue weighted by Gasteiger charge is 2.13. The van der Waals surface area contributed by atoms with Gasteiger partial charge in [0.05, 0.1) is 14.2 Å². The SMILES string of the molecule is COc1ccc(NC(=O)COc2ccc(C(=O)Nc3cc(Cl)cc(Cl)c3)cc2OC)cc1. The highest BCUT2D eigenvalue weighted by atomic mass is 35.5. The van der Waals surface area contributed by atoms with Crippen molar-refractivity contribution in [3.05, 3.63) is 76.3 Å². The molecule has 0 aromatic heterocycles. The van der Waals surface area contributed by atoms with Gasteiger partial charge in [-0.15, -0.1) is 0 Å². The van der Waals surface area contributed by atoms with Gasteiger partial charge in [-0.3, -0.25) is 9.59 Å². The summed E-state index contributed by atoms with van der Waals surface area (Å²) >= 11 is 11.9. The maximum absolute atomic E-state index is 12.6. The number of amides is 2. The number of methoxy groups -OCH3 is 2. The second kappa shape index (κ2) is 10.7. The molecule has 0 heterocycles. The van der Waals surface area contributed by atoms with E-state index in [-0.39, 0.29) is 18.4 Å². The Balaban J connectivity index is 1.62. The summed E-state index contributed by atoms with van der Waals surface area (Å²) in [6.45, 7) is -0.241. The van der Waals surface area contributed by atoms with Crippen LogP contribution < -0.4 is 24.8 Å². The Morgan fingerprint density at radius 2 is 1.47 bits per heavy atom. The number of nitrogens with one attached hydrogen (secondary N) is 2. The lowest BCUT2D eigenvalue weighted by Gasteiger charge is -2.13. The Morgan fingerprint density at radius 3 is 2.09 bits per heavy atom. The number of hydrogen-bond donors (Lipinski definition) is 2. The zero-order valence-electron chi connectivity index (χ0n) is 17.3. The van der Waals surface area contributed by atoms with Crippen molar-refractivity contribution in [1.29, 1.82) is 0 Å². The molecule has 0 unspecified atom stereocenters. The maximum atomic E-state index is 12.6. The first kappa shape index (κ1) is 23.2. The van der Waals surface area contributed by atoms with Crippen LogP contribution in [-0.4, -0.2) is 32.6 Å². The van der Waals surface area contributed by atoms with Gasteiger partial charge in [-0.05, 0) is 60.7 Å². The fourth-order valence-corrected chi connectivity index (χ4v) is 3.30. The largest absolute Gasteiger partial charge is 0.497 e. The molecule has 0 radical (unpaired) electrons. The topological polar surface area (TPSA) is 85.9 Å². The molecular formula is C23H20Cl2N2O5. The Kier molecular flexibility index (Phi) is 7.81.